The maximum Gasteiger partial charge on any atom is 0.338 e. The molecule has 0 saturated heterocycles. The average molecular weight is 620 g/mol. The van der Waals surface area contributed by atoms with Gasteiger partial charge in [0.25, 0.3) is 11.2 Å². The van der Waals surface area contributed by atoms with Gasteiger partial charge in [0.2, 0.25) is 0 Å². The van der Waals surface area contributed by atoms with Gasteiger partial charge in [-0.15, -0.1) is 0 Å². The van der Waals surface area contributed by atoms with E-state index < -0.39 is 16.9 Å². The summed E-state index contributed by atoms with van der Waals surface area (Å²) in [7, 11) is 0. The molecule has 0 spiro atoms. The van der Waals surface area contributed by atoms with Crippen LogP contribution in [0.5, 0.6) is 5.75 Å². The Balaban J connectivity index is 1.45. The predicted molar refractivity (Wildman–Crippen MR) is 173 cm³/mol. The number of rotatable bonds is 8. The van der Waals surface area contributed by atoms with Gasteiger partial charge in [0.1, 0.15) is 12.4 Å². The highest BCUT2D eigenvalue weighted by Crippen LogP contribution is 2.33. The lowest BCUT2D eigenvalue weighted by Gasteiger charge is -2.24. The van der Waals surface area contributed by atoms with Crippen molar-refractivity contribution in [3.05, 3.63) is 148 Å². The number of carbonyl (C=O) groups is 1. The van der Waals surface area contributed by atoms with Crippen LogP contribution in [-0.4, -0.2) is 22.1 Å². The van der Waals surface area contributed by atoms with Gasteiger partial charge in [-0.3, -0.25) is 19.5 Å². The van der Waals surface area contributed by atoms with Gasteiger partial charge in [-0.1, -0.05) is 84.1 Å². The first-order valence-electron chi connectivity index (χ1n) is 14.4. The number of allylic oxidation sites excluding steroid dienone is 1. The predicted octanol–water partition coefficient (Wildman–Crippen LogP) is 5.75. The van der Waals surface area contributed by atoms with Crippen LogP contribution in [0.15, 0.2) is 106 Å². The van der Waals surface area contributed by atoms with Crippen molar-refractivity contribution in [2.45, 2.75) is 33.4 Å². The number of aromatic nitrogens is 1. The molecule has 1 aliphatic rings. The molecule has 45 heavy (non-hydrogen) atoms. The molecule has 0 N–H and O–H groups in total. The molecule has 0 radical (unpaired) electrons. The van der Waals surface area contributed by atoms with Crippen LogP contribution in [0.1, 0.15) is 42.1 Å². The summed E-state index contributed by atoms with van der Waals surface area (Å²) < 4.78 is 13.4. The number of hydrogen-bond acceptors (Lipinski definition) is 8. The van der Waals surface area contributed by atoms with Gasteiger partial charge >= 0.3 is 5.97 Å². The number of nitro groups is 1. The molecule has 2 heterocycles. The number of esters is 1. The molecule has 9 nitrogen and oxygen atoms in total. The monoisotopic (exact) mass is 619 g/mol. The third kappa shape index (κ3) is 5.67. The van der Waals surface area contributed by atoms with E-state index in [0.717, 1.165) is 16.3 Å². The second-order valence-electron chi connectivity index (χ2n) is 10.6. The lowest BCUT2D eigenvalue weighted by atomic mass is 9.94. The van der Waals surface area contributed by atoms with Gasteiger partial charge in [-0.2, -0.15) is 0 Å². The largest absolute Gasteiger partial charge is 0.488 e. The second-order valence-corrected chi connectivity index (χ2v) is 11.6. The van der Waals surface area contributed by atoms with Crippen LogP contribution in [-0.2, 0) is 16.1 Å². The van der Waals surface area contributed by atoms with E-state index in [1.165, 1.54) is 22.0 Å². The van der Waals surface area contributed by atoms with Crippen molar-refractivity contribution in [3.63, 3.8) is 0 Å². The standard InChI is InChI=1S/C35H29N3O6S/c1-4-43-34(40)31-22(3)36-35-37(32(31)25-17-16-21(2)28(18-25)38(41)42)33(39)30(45-35)19-24-11-6-8-15-29(24)44-20-26-13-9-12-23-10-5-7-14-27(23)26/h5-19,32H,4,20H2,1-3H3/b30-19+/t32-/m1/s1. The van der Waals surface area contributed by atoms with Gasteiger partial charge in [0.05, 0.1) is 33.4 Å². The smallest absolute Gasteiger partial charge is 0.338 e. The highest BCUT2D eigenvalue weighted by atomic mass is 32.1. The Morgan fingerprint density at radius 2 is 1.80 bits per heavy atom. The number of thiazole rings is 1. The number of carbonyl (C=O) groups excluding carboxylic acids is 1. The zero-order chi connectivity index (χ0) is 31.7. The minimum absolute atomic E-state index is 0.107. The van der Waals surface area contributed by atoms with E-state index in [4.69, 9.17) is 9.47 Å². The molecule has 0 amide bonds. The van der Waals surface area contributed by atoms with E-state index in [-0.39, 0.29) is 23.4 Å². The summed E-state index contributed by atoms with van der Waals surface area (Å²) in [6.07, 6.45) is 1.75. The summed E-state index contributed by atoms with van der Waals surface area (Å²) in [4.78, 5) is 43.6. The van der Waals surface area contributed by atoms with E-state index >= 15 is 0 Å². The molecule has 226 valence electrons. The molecule has 0 bridgehead atoms. The topological polar surface area (TPSA) is 113 Å². The maximum absolute atomic E-state index is 14.1. The first kappa shape index (κ1) is 29.7. The van der Waals surface area contributed by atoms with Crippen LogP contribution >= 0.6 is 11.3 Å². The SMILES string of the molecule is CCOC(=O)C1=C(C)N=c2s/c(=C/c3ccccc3OCc3cccc4ccccc34)c(=O)n2[C@@H]1c1ccc(C)c([N+](=O)[O-])c1. The molecule has 4 aromatic carbocycles. The van der Waals surface area contributed by atoms with Crippen molar-refractivity contribution in [1.29, 1.82) is 0 Å². The number of benzene rings is 4. The van der Waals surface area contributed by atoms with Crippen LogP contribution in [0.4, 0.5) is 5.69 Å². The van der Waals surface area contributed by atoms with Crippen LogP contribution in [0, 0.1) is 17.0 Å². The maximum atomic E-state index is 14.1. The Labute approximate surface area is 262 Å². The number of nitrogens with zero attached hydrogens (tertiary/aromatic N) is 3. The van der Waals surface area contributed by atoms with Gasteiger partial charge in [-0.25, -0.2) is 9.79 Å². The molecular formula is C35H29N3O6S. The van der Waals surface area contributed by atoms with Crippen LogP contribution in [0.25, 0.3) is 16.8 Å². The first-order chi connectivity index (χ1) is 21.8. The van der Waals surface area contributed by atoms with E-state index in [0.29, 0.717) is 44.1 Å². The van der Waals surface area contributed by atoms with Crippen molar-refractivity contribution in [2.75, 3.05) is 6.61 Å². The first-order valence-corrected chi connectivity index (χ1v) is 15.2. The summed E-state index contributed by atoms with van der Waals surface area (Å²) in [6, 6.07) is 25.4. The van der Waals surface area contributed by atoms with Crippen molar-refractivity contribution in [1.82, 2.24) is 4.57 Å². The van der Waals surface area contributed by atoms with E-state index in [1.807, 2.05) is 48.5 Å². The van der Waals surface area contributed by atoms with E-state index in [2.05, 4.69) is 23.2 Å². The summed E-state index contributed by atoms with van der Waals surface area (Å²) in [5.41, 5.74) is 2.67. The lowest BCUT2D eigenvalue weighted by molar-refractivity contribution is -0.385. The third-order valence-corrected chi connectivity index (χ3v) is 8.71. The van der Waals surface area contributed by atoms with Gasteiger partial charge < -0.3 is 9.47 Å². The minimum atomic E-state index is -0.959. The minimum Gasteiger partial charge on any atom is -0.488 e. The Bertz CT molecular complexity index is 2190. The van der Waals surface area contributed by atoms with Crippen molar-refractivity contribution < 1.29 is 19.2 Å². The summed E-state index contributed by atoms with van der Waals surface area (Å²) in [5.74, 6) is -0.0289. The fourth-order valence-corrected chi connectivity index (χ4v) is 6.58. The average Bonchev–Trinajstić information content (AvgIpc) is 3.33. The van der Waals surface area contributed by atoms with E-state index in [1.54, 1.807) is 39.0 Å². The molecule has 5 aromatic rings. The lowest BCUT2D eigenvalue weighted by Crippen LogP contribution is -2.40. The normalized spacial score (nSPS) is 14.6. The summed E-state index contributed by atoms with van der Waals surface area (Å²) in [5, 5.41) is 14.0. The number of fused-ring (bicyclic) bond motifs is 2. The number of para-hydroxylation sites is 1. The zero-order valence-electron chi connectivity index (χ0n) is 24.9. The van der Waals surface area contributed by atoms with Crippen molar-refractivity contribution in [3.8, 4) is 5.75 Å². The molecule has 6 rings (SSSR count). The third-order valence-electron chi connectivity index (χ3n) is 7.73. The van der Waals surface area contributed by atoms with Crippen LogP contribution in [0.2, 0.25) is 0 Å². The molecule has 0 aliphatic carbocycles. The molecule has 1 aliphatic heterocycles. The van der Waals surface area contributed by atoms with E-state index in [9.17, 15) is 19.7 Å². The molecule has 1 atom stereocenters. The number of aryl methyl sites for hydroxylation is 1. The number of hydrogen-bond donors (Lipinski definition) is 0. The quantitative estimate of drug-likeness (QED) is 0.124. The molecule has 0 fully saturated rings. The van der Waals surface area contributed by atoms with Gasteiger partial charge in [-0.05, 0) is 54.8 Å². The molecule has 1 aromatic heterocycles. The Morgan fingerprint density at radius 1 is 1.04 bits per heavy atom. The molecule has 10 heteroatoms. The Hall–Kier alpha value is -5.35. The molecular weight excluding hydrogens is 590 g/mol. The van der Waals surface area contributed by atoms with Gasteiger partial charge in [0, 0.05) is 17.2 Å². The van der Waals surface area contributed by atoms with Crippen LogP contribution < -0.4 is 19.6 Å². The number of ether oxygens (including phenoxy) is 2. The van der Waals surface area contributed by atoms with Crippen LogP contribution in [0.3, 0.4) is 0 Å². The van der Waals surface area contributed by atoms with Crippen molar-refractivity contribution >= 4 is 39.8 Å². The summed E-state index contributed by atoms with van der Waals surface area (Å²) in [6.45, 7) is 5.46. The highest BCUT2D eigenvalue weighted by Gasteiger charge is 2.34. The Kier molecular flexibility index (Phi) is 8.14. The molecule has 0 saturated carbocycles. The van der Waals surface area contributed by atoms with Crippen molar-refractivity contribution in [2.24, 2.45) is 4.99 Å². The highest BCUT2D eigenvalue weighted by molar-refractivity contribution is 7.07. The zero-order valence-corrected chi connectivity index (χ0v) is 25.7. The second kappa shape index (κ2) is 12.3. The summed E-state index contributed by atoms with van der Waals surface area (Å²) >= 11 is 1.18. The molecule has 0 unspecified atom stereocenters. The number of nitro benzene ring substituents is 1. The fourth-order valence-electron chi connectivity index (χ4n) is 5.55. The van der Waals surface area contributed by atoms with Gasteiger partial charge in [0.15, 0.2) is 4.80 Å². The Morgan fingerprint density at radius 3 is 2.60 bits per heavy atom. The fraction of sp³-hybridized carbons (Fsp3) is 0.171.